The Hall–Kier alpha value is -1.31. The van der Waals surface area contributed by atoms with E-state index in [0.717, 1.165) is 18.5 Å². The molecule has 3 rings (SSSR count). The van der Waals surface area contributed by atoms with Crippen LogP contribution < -0.4 is 4.90 Å². The van der Waals surface area contributed by atoms with E-state index in [1.54, 1.807) is 0 Å². The highest BCUT2D eigenvalue weighted by atomic mass is 16.1. The Labute approximate surface area is 115 Å². The molecule has 1 saturated carbocycles. The number of nitrogens with zero attached hydrogens (tertiary/aromatic N) is 1. The van der Waals surface area contributed by atoms with Gasteiger partial charge < -0.3 is 4.90 Å². The fraction of sp³-hybridized carbons (Fsp3) is 0.588. The van der Waals surface area contributed by atoms with Gasteiger partial charge in [-0.15, -0.1) is 0 Å². The van der Waals surface area contributed by atoms with Crippen molar-refractivity contribution in [1.82, 2.24) is 0 Å². The van der Waals surface area contributed by atoms with Crippen molar-refractivity contribution in [2.75, 3.05) is 11.4 Å². The van der Waals surface area contributed by atoms with Gasteiger partial charge in [0.15, 0.2) is 5.78 Å². The molecule has 1 fully saturated rings. The van der Waals surface area contributed by atoms with Crippen molar-refractivity contribution in [3.05, 3.63) is 29.8 Å². The second-order valence-electron chi connectivity index (χ2n) is 5.88. The Balaban J connectivity index is 1.91. The highest BCUT2D eigenvalue weighted by Crippen LogP contribution is 2.32. The van der Waals surface area contributed by atoms with Crippen molar-refractivity contribution in [2.24, 2.45) is 0 Å². The highest BCUT2D eigenvalue weighted by Gasteiger charge is 2.26. The molecule has 0 atom stereocenters. The number of carbonyl (C=O) groups is 1. The number of hydrogen-bond donors (Lipinski definition) is 0. The highest BCUT2D eigenvalue weighted by molar-refractivity contribution is 6.02. The van der Waals surface area contributed by atoms with Gasteiger partial charge >= 0.3 is 0 Å². The summed E-state index contributed by atoms with van der Waals surface area (Å²) < 4.78 is 0. The molecule has 1 aliphatic heterocycles. The Bertz CT molecular complexity index is 446. The molecule has 0 spiro atoms. The van der Waals surface area contributed by atoms with Crippen molar-refractivity contribution >= 4 is 11.5 Å². The third-order valence-corrected chi connectivity index (χ3v) is 4.58. The lowest BCUT2D eigenvalue weighted by molar-refractivity contribution is 0.0984. The predicted molar refractivity (Wildman–Crippen MR) is 78.8 cm³/mol. The van der Waals surface area contributed by atoms with Gasteiger partial charge in [0, 0.05) is 30.3 Å². The predicted octanol–water partition coefficient (Wildman–Crippen LogP) is 4.19. The van der Waals surface area contributed by atoms with E-state index in [9.17, 15) is 4.79 Å². The zero-order chi connectivity index (χ0) is 13.1. The quantitative estimate of drug-likeness (QED) is 0.703. The maximum Gasteiger partial charge on any atom is 0.165 e. The first-order chi connectivity index (χ1) is 9.36. The van der Waals surface area contributed by atoms with Crippen molar-refractivity contribution in [3.8, 4) is 0 Å². The maximum atomic E-state index is 12.2. The molecule has 2 aliphatic rings. The lowest BCUT2D eigenvalue weighted by Gasteiger charge is -2.33. The summed E-state index contributed by atoms with van der Waals surface area (Å²) in [6, 6.07) is 8.86. The average Bonchev–Trinajstić information content (AvgIpc) is 2.79. The van der Waals surface area contributed by atoms with Crippen LogP contribution in [0.5, 0.6) is 0 Å². The van der Waals surface area contributed by atoms with Gasteiger partial charge in [-0.2, -0.15) is 0 Å². The molecule has 19 heavy (non-hydrogen) atoms. The molecule has 0 unspecified atom stereocenters. The largest absolute Gasteiger partial charge is 0.368 e. The minimum absolute atomic E-state index is 0.326. The van der Waals surface area contributed by atoms with Crippen LogP contribution in [0, 0.1) is 0 Å². The van der Waals surface area contributed by atoms with E-state index in [0.29, 0.717) is 18.2 Å². The molecule has 0 saturated heterocycles. The number of hydrogen-bond acceptors (Lipinski definition) is 2. The average molecular weight is 257 g/mol. The molecule has 1 heterocycles. The van der Waals surface area contributed by atoms with Gasteiger partial charge in [-0.05, 0) is 31.4 Å². The van der Waals surface area contributed by atoms with Crippen molar-refractivity contribution in [3.63, 3.8) is 0 Å². The van der Waals surface area contributed by atoms with Gasteiger partial charge in [0.25, 0.3) is 0 Å². The Morgan fingerprint density at radius 2 is 1.68 bits per heavy atom. The van der Waals surface area contributed by atoms with Gasteiger partial charge in [0.05, 0.1) is 0 Å². The van der Waals surface area contributed by atoms with Crippen LogP contribution in [0.2, 0.25) is 0 Å². The Kier molecular flexibility index (Phi) is 3.86. The smallest absolute Gasteiger partial charge is 0.165 e. The molecule has 0 N–H and O–H groups in total. The molecular weight excluding hydrogens is 234 g/mol. The molecule has 0 amide bonds. The molecular formula is C17H23NO. The normalized spacial score (nSPS) is 21.7. The van der Waals surface area contributed by atoms with Crippen LogP contribution in [-0.2, 0) is 0 Å². The van der Waals surface area contributed by atoms with E-state index in [2.05, 4.69) is 17.0 Å². The molecule has 1 aromatic carbocycles. The SMILES string of the molecule is O=C1CCCN(C2CCCCCC2)c2ccccc21. The third-order valence-electron chi connectivity index (χ3n) is 4.58. The lowest BCUT2D eigenvalue weighted by Crippen LogP contribution is -2.35. The van der Waals surface area contributed by atoms with Gasteiger partial charge in [0.2, 0.25) is 0 Å². The topological polar surface area (TPSA) is 20.3 Å². The van der Waals surface area contributed by atoms with Crippen LogP contribution in [0.3, 0.4) is 0 Å². The Morgan fingerprint density at radius 1 is 0.947 bits per heavy atom. The molecule has 0 bridgehead atoms. The summed E-state index contributed by atoms with van der Waals surface area (Å²) in [5, 5.41) is 0. The first kappa shape index (κ1) is 12.7. The molecule has 1 aliphatic carbocycles. The van der Waals surface area contributed by atoms with E-state index in [-0.39, 0.29) is 0 Å². The summed E-state index contributed by atoms with van der Waals surface area (Å²) in [5.74, 6) is 0.326. The fourth-order valence-corrected chi connectivity index (χ4v) is 3.57. The number of ketones is 1. The summed E-state index contributed by atoms with van der Waals surface area (Å²) in [7, 11) is 0. The number of Topliss-reactive ketones (excluding diaryl/α,β-unsaturated/α-hetero) is 1. The number of fused-ring (bicyclic) bond motifs is 1. The van der Waals surface area contributed by atoms with E-state index in [4.69, 9.17) is 0 Å². The van der Waals surface area contributed by atoms with Crippen LogP contribution in [0.15, 0.2) is 24.3 Å². The van der Waals surface area contributed by atoms with Crippen molar-refractivity contribution < 1.29 is 4.79 Å². The standard InChI is InChI=1S/C17H23NO/c19-17-12-7-13-18(14-8-3-1-2-4-9-14)16-11-6-5-10-15(16)17/h5-6,10-11,14H,1-4,7-9,12-13H2. The molecule has 2 heteroatoms. The van der Waals surface area contributed by atoms with Crippen LogP contribution in [0.25, 0.3) is 0 Å². The van der Waals surface area contributed by atoms with Crippen LogP contribution >= 0.6 is 0 Å². The van der Waals surface area contributed by atoms with E-state index in [1.807, 2.05) is 12.1 Å². The van der Waals surface area contributed by atoms with Gasteiger partial charge in [-0.1, -0.05) is 37.8 Å². The first-order valence-electron chi connectivity index (χ1n) is 7.75. The zero-order valence-corrected chi connectivity index (χ0v) is 11.6. The number of para-hydroxylation sites is 1. The number of rotatable bonds is 1. The summed E-state index contributed by atoms with van der Waals surface area (Å²) in [6.45, 7) is 1.05. The minimum atomic E-state index is 0.326. The summed E-state index contributed by atoms with van der Waals surface area (Å²) >= 11 is 0. The second kappa shape index (κ2) is 5.77. The van der Waals surface area contributed by atoms with Crippen molar-refractivity contribution in [2.45, 2.75) is 57.4 Å². The summed E-state index contributed by atoms with van der Waals surface area (Å²) in [6.07, 6.45) is 9.75. The number of benzene rings is 1. The van der Waals surface area contributed by atoms with Crippen LogP contribution in [-0.4, -0.2) is 18.4 Å². The van der Waals surface area contributed by atoms with Crippen LogP contribution in [0.4, 0.5) is 5.69 Å². The zero-order valence-electron chi connectivity index (χ0n) is 11.6. The van der Waals surface area contributed by atoms with E-state index >= 15 is 0 Å². The molecule has 0 radical (unpaired) electrons. The molecule has 2 nitrogen and oxygen atoms in total. The fourth-order valence-electron chi connectivity index (χ4n) is 3.57. The molecule has 1 aromatic rings. The monoisotopic (exact) mass is 257 g/mol. The summed E-state index contributed by atoms with van der Waals surface area (Å²) in [5.41, 5.74) is 2.14. The van der Waals surface area contributed by atoms with Gasteiger partial charge in [0.1, 0.15) is 0 Å². The van der Waals surface area contributed by atoms with Crippen LogP contribution in [0.1, 0.15) is 61.7 Å². The molecule has 102 valence electrons. The first-order valence-corrected chi connectivity index (χ1v) is 7.75. The van der Waals surface area contributed by atoms with E-state index in [1.165, 1.54) is 44.2 Å². The number of carbonyl (C=O) groups excluding carboxylic acids is 1. The maximum absolute atomic E-state index is 12.2. The third kappa shape index (κ3) is 2.68. The van der Waals surface area contributed by atoms with Gasteiger partial charge in [-0.25, -0.2) is 0 Å². The lowest BCUT2D eigenvalue weighted by atomic mass is 10.0. The molecule has 0 aromatic heterocycles. The minimum Gasteiger partial charge on any atom is -0.368 e. The summed E-state index contributed by atoms with van der Waals surface area (Å²) in [4.78, 5) is 14.7. The van der Waals surface area contributed by atoms with E-state index < -0.39 is 0 Å². The van der Waals surface area contributed by atoms with Crippen molar-refractivity contribution in [1.29, 1.82) is 0 Å². The van der Waals surface area contributed by atoms with Gasteiger partial charge in [-0.3, -0.25) is 4.79 Å². The number of anilines is 1. The second-order valence-corrected chi connectivity index (χ2v) is 5.88. The Morgan fingerprint density at radius 3 is 2.47 bits per heavy atom.